The largest absolute Gasteiger partial charge is 0.481 e. The second-order valence-corrected chi connectivity index (χ2v) is 6.53. The molecule has 0 atom stereocenters. The van der Waals surface area contributed by atoms with Crippen LogP contribution in [0.4, 0.5) is 4.39 Å². The molecule has 0 spiro atoms. The fraction of sp³-hybridized carbons (Fsp3) is 0.190. The van der Waals surface area contributed by atoms with Gasteiger partial charge in [0.15, 0.2) is 0 Å². The van der Waals surface area contributed by atoms with Crippen LogP contribution in [-0.2, 0) is 17.8 Å². The molecular weight excluding hydrogens is 361 g/mol. The molecule has 0 aliphatic rings. The van der Waals surface area contributed by atoms with Crippen molar-refractivity contribution in [1.29, 1.82) is 0 Å². The van der Waals surface area contributed by atoms with Crippen LogP contribution < -0.4 is 10.3 Å². The monoisotopic (exact) mass is 379 g/mol. The van der Waals surface area contributed by atoms with Crippen LogP contribution in [0.1, 0.15) is 12.0 Å². The van der Waals surface area contributed by atoms with E-state index in [1.165, 1.54) is 23.8 Å². The van der Waals surface area contributed by atoms with Crippen molar-refractivity contribution in [2.24, 2.45) is 0 Å². The molecule has 0 fully saturated rings. The van der Waals surface area contributed by atoms with Gasteiger partial charge < -0.3 is 13.7 Å². The average Bonchev–Trinajstić information content (AvgIpc) is 3.18. The zero-order valence-electron chi connectivity index (χ0n) is 15.3. The van der Waals surface area contributed by atoms with Crippen LogP contribution in [0.3, 0.4) is 0 Å². The third kappa shape index (κ3) is 3.26. The Labute approximate surface area is 159 Å². The van der Waals surface area contributed by atoms with Gasteiger partial charge in [-0.25, -0.2) is 9.37 Å². The molecule has 0 radical (unpaired) electrons. The van der Waals surface area contributed by atoms with Gasteiger partial charge in [-0.3, -0.25) is 9.59 Å². The zero-order chi connectivity index (χ0) is 19.7. The van der Waals surface area contributed by atoms with Crippen LogP contribution in [0, 0.1) is 5.82 Å². The molecule has 3 heterocycles. The Bertz CT molecular complexity index is 1230. The number of ketones is 1. The van der Waals surface area contributed by atoms with Gasteiger partial charge >= 0.3 is 0 Å². The van der Waals surface area contributed by atoms with Crippen molar-refractivity contribution < 1.29 is 13.9 Å². The number of nitrogens with zero attached hydrogens (tertiary/aromatic N) is 3. The van der Waals surface area contributed by atoms with Crippen LogP contribution in [0.5, 0.6) is 5.88 Å². The number of hydrogen-bond donors (Lipinski definition) is 0. The van der Waals surface area contributed by atoms with E-state index in [2.05, 4.69) is 4.98 Å². The van der Waals surface area contributed by atoms with E-state index in [1.807, 2.05) is 0 Å². The fourth-order valence-corrected chi connectivity index (χ4v) is 3.34. The van der Waals surface area contributed by atoms with E-state index in [0.717, 1.165) is 5.56 Å². The summed E-state index contributed by atoms with van der Waals surface area (Å²) < 4.78 is 22.0. The van der Waals surface area contributed by atoms with Crippen molar-refractivity contribution in [2.75, 3.05) is 7.11 Å². The summed E-state index contributed by atoms with van der Waals surface area (Å²) in [6.45, 7) is 0.183. The van der Waals surface area contributed by atoms with Crippen LogP contribution in [0.25, 0.3) is 16.6 Å². The van der Waals surface area contributed by atoms with Gasteiger partial charge in [0.25, 0.3) is 5.56 Å². The molecule has 6 nitrogen and oxygen atoms in total. The molecule has 0 saturated heterocycles. The van der Waals surface area contributed by atoms with Crippen molar-refractivity contribution in [1.82, 2.24) is 14.0 Å². The lowest BCUT2D eigenvalue weighted by molar-refractivity contribution is -0.118. The Kier molecular flexibility index (Phi) is 4.65. The summed E-state index contributed by atoms with van der Waals surface area (Å²) in [4.78, 5) is 29.3. The number of aryl methyl sites for hydroxylation is 1. The highest BCUT2D eigenvalue weighted by Crippen LogP contribution is 2.17. The lowest BCUT2D eigenvalue weighted by Gasteiger charge is -2.12. The minimum atomic E-state index is -0.428. The van der Waals surface area contributed by atoms with Gasteiger partial charge in [0.2, 0.25) is 5.88 Å². The van der Waals surface area contributed by atoms with Crippen LogP contribution in [-0.4, -0.2) is 26.8 Å². The van der Waals surface area contributed by atoms with Gasteiger partial charge in [-0.05, 0) is 35.9 Å². The van der Waals surface area contributed by atoms with Gasteiger partial charge in [-0.15, -0.1) is 0 Å². The Balaban J connectivity index is 1.61. The summed E-state index contributed by atoms with van der Waals surface area (Å²) in [5, 5.41) is 0. The summed E-state index contributed by atoms with van der Waals surface area (Å²) in [5.41, 5.74) is 2.20. The Morgan fingerprint density at radius 3 is 2.75 bits per heavy atom. The summed E-state index contributed by atoms with van der Waals surface area (Å²) in [6.07, 6.45) is 3.74. The summed E-state index contributed by atoms with van der Waals surface area (Å²) in [7, 11) is 1.53. The number of rotatable bonds is 6. The molecule has 4 rings (SSSR count). The molecule has 28 heavy (non-hydrogen) atoms. The van der Waals surface area contributed by atoms with E-state index < -0.39 is 5.82 Å². The van der Waals surface area contributed by atoms with E-state index in [-0.39, 0.29) is 30.7 Å². The number of hydrogen-bond acceptors (Lipinski definition) is 4. The maximum absolute atomic E-state index is 13.8. The predicted molar refractivity (Wildman–Crippen MR) is 103 cm³/mol. The van der Waals surface area contributed by atoms with Crippen LogP contribution in [0.2, 0.25) is 0 Å². The van der Waals surface area contributed by atoms with Gasteiger partial charge in [-0.2, -0.15) is 0 Å². The summed E-state index contributed by atoms with van der Waals surface area (Å²) >= 11 is 0. The van der Waals surface area contributed by atoms with Crippen LogP contribution in [0.15, 0.2) is 59.7 Å². The van der Waals surface area contributed by atoms with Gasteiger partial charge in [-0.1, -0.05) is 6.07 Å². The average molecular weight is 379 g/mol. The third-order valence-corrected chi connectivity index (χ3v) is 4.72. The minimum Gasteiger partial charge on any atom is -0.481 e. The Morgan fingerprint density at radius 1 is 1.14 bits per heavy atom. The van der Waals surface area contributed by atoms with Gasteiger partial charge in [0.05, 0.1) is 18.1 Å². The first-order valence-corrected chi connectivity index (χ1v) is 8.86. The molecule has 142 valence electrons. The van der Waals surface area contributed by atoms with Crippen molar-refractivity contribution in [2.45, 2.75) is 19.4 Å². The minimum absolute atomic E-state index is 0.0290. The molecule has 1 aromatic carbocycles. The van der Waals surface area contributed by atoms with E-state index >= 15 is 0 Å². The Morgan fingerprint density at radius 2 is 2.00 bits per heavy atom. The van der Waals surface area contributed by atoms with E-state index in [4.69, 9.17) is 4.74 Å². The number of Topliss-reactive ketones (excluding diaryl/α,β-unsaturated/α-hetero) is 1. The quantitative estimate of drug-likeness (QED) is 0.517. The number of carbonyl (C=O) groups excluding carboxylic acids is 1. The summed E-state index contributed by atoms with van der Waals surface area (Å²) in [5.74, 6) is 0.0261. The highest BCUT2D eigenvalue weighted by molar-refractivity contribution is 5.82. The number of halogens is 1. The first-order chi connectivity index (χ1) is 13.6. The normalized spacial score (nSPS) is 11.2. The number of benzene rings is 1. The molecule has 0 aliphatic heterocycles. The molecule has 0 amide bonds. The van der Waals surface area contributed by atoms with Crippen LogP contribution >= 0.6 is 0 Å². The number of fused-ring (bicyclic) bond motifs is 3. The molecule has 7 heteroatoms. The van der Waals surface area contributed by atoms with E-state index in [9.17, 15) is 14.0 Å². The molecule has 0 aliphatic carbocycles. The second kappa shape index (κ2) is 7.26. The molecular formula is C21H18FN3O3. The molecule has 0 bridgehead atoms. The lowest BCUT2D eigenvalue weighted by atomic mass is 10.1. The number of aromatic nitrogens is 3. The van der Waals surface area contributed by atoms with E-state index in [1.54, 1.807) is 47.1 Å². The maximum atomic E-state index is 13.8. The maximum Gasteiger partial charge on any atom is 0.275 e. The third-order valence-electron chi connectivity index (χ3n) is 4.72. The molecule has 0 N–H and O–H groups in total. The van der Waals surface area contributed by atoms with Gasteiger partial charge in [0, 0.05) is 37.8 Å². The highest BCUT2D eigenvalue weighted by Gasteiger charge is 2.13. The number of carbonyl (C=O) groups is 1. The zero-order valence-corrected chi connectivity index (χ0v) is 15.3. The van der Waals surface area contributed by atoms with Crippen molar-refractivity contribution in [3.63, 3.8) is 0 Å². The standard InChI is InChI=1S/C21H18FN3O3/c1-28-20-7-4-14(13-23-20)11-16(26)8-10-25-19-12-15(22)5-6-17(19)24-9-2-3-18(24)21(25)27/h2-7,9,12-13H,8,10-11H2,1H3. The topological polar surface area (TPSA) is 65.6 Å². The number of ether oxygens (including phenoxy) is 1. The molecule has 3 aromatic heterocycles. The van der Waals surface area contributed by atoms with Crippen molar-refractivity contribution in [3.8, 4) is 5.88 Å². The smallest absolute Gasteiger partial charge is 0.275 e. The lowest BCUT2D eigenvalue weighted by Crippen LogP contribution is -2.24. The first-order valence-electron chi connectivity index (χ1n) is 8.86. The number of methoxy groups -OCH3 is 1. The molecule has 0 saturated carbocycles. The van der Waals surface area contributed by atoms with Crippen molar-refractivity contribution >= 4 is 22.3 Å². The van der Waals surface area contributed by atoms with E-state index in [0.29, 0.717) is 22.4 Å². The first kappa shape index (κ1) is 17.9. The Hall–Kier alpha value is -3.48. The van der Waals surface area contributed by atoms with Gasteiger partial charge in [0.1, 0.15) is 17.1 Å². The highest BCUT2D eigenvalue weighted by atomic mass is 19.1. The summed E-state index contributed by atoms with van der Waals surface area (Å²) in [6, 6.07) is 11.3. The molecule has 0 unspecified atom stereocenters. The fourth-order valence-electron chi connectivity index (χ4n) is 3.34. The SMILES string of the molecule is COc1ccc(CC(=O)CCn2c(=O)c3cccn3c3ccc(F)cc32)cn1. The second-order valence-electron chi connectivity index (χ2n) is 6.53. The predicted octanol–water partition coefficient (Wildman–Crippen LogP) is 3.00. The number of pyridine rings is 1. The van der Waals surface area contributed by atoms with Crippen molar-refractivity contribution in [3.05, 3.63) is 76.6 Å². The molecule has 4 aromatic rings.